The number of aromatic nitrogens is 2. The second kappa shape index (κ2) is 8.21. The van der Waals surface area contributed by atoms with Crippen molar-refractivity contribution in [3.05, 3.63) is 71.5 Å². The number of alkyl halides is 3. The molecule has 0 radical (unpaired) electrons. The SMILES string of the molecule is COc1cc(SN[C@H](N)c2cccc(F)c2)nn1-c1ccc(C(F)(F)F)cc1. The molecular formula is C18H16F4N4OS. The first-order chi connectivity index (χ1) is 13.3. The summed E-state index contributed by atoms with van der Waals surface area (Å²) in [5, 5.41) is 4.78. The quantitative estimate of drug-likeness (QED) is 0.359. The fourth-order valence-corrected chi connectivity index (χ4v) is 3.07. The molecule has 0 aliphatic carbocycles. The van der Waals surface area contributed by atoms with Crippen LogP contribution >= 0.6 is 11.9 Å². The van der Waals surface area contributed by atoms with E-state index >= 15 is 0 Å². The molecule has 28 heavy (non-hydrogen) atoms. The molecule has 5 nitrogen and oxygen atoms in total. The molecule has 0 saturated carbocycles. The molecule has 1 heterocycles. The predicted octanol–water partition coefficient (Wildman–Crippen LogP) is 4.29. The molecule has 0 aliphatic heterocycles. The van der Waals surface area contributed by atoms with Crippen molar-refractivity contribution in [3.8, 4) is 11.6 Å². The zero-order chi connectivity index (χ0) is 20.3. The van der Waals surface area contributed by atoms with Crippen molar-refractivity contribution in [2.75, 3.05) is 7.11 Å². The van der Waals surface area contributed by atoms with E-state index in [1.54, 1.807) is 18.2 Å². The molecule has 0 aliphatic rings. The van der Waals surface area contributed by atoms with E-state index in [0.717, 1.165) is 24.1 Å². The molecule has 10 heteroatoms. The van der Waals surface area contributed by atoms with Crippen LogP contribution in [0.5, 0.6) is 5.88 Å². The van der Waals surface area contributed by atoms with Gasteiger partial charge in [0.05, 0.1) is 24.5 Å². The Morgan fingerprint density at radius 3 is 2.46 bits per heavy atom. The lowest BCUT2D eigenvalue weighted by Gasteiger charge is -2.12. The zero-order valence-electron chi connectivity index (χ0n) is 14.6. The third kappa shape index (κ3) is 4.64. The summed E-state index contributed by atoms with van der Waals surface area (Å²) in [7, 11) is 1.43. The Labute approximate surface area is 162 Å². The van der Waals surface area contributed by atoms with Crippen molar-refractivity contribution in [1.29, 1.82) is 0 Å². The maximum Gasteiger partial charge on any atom is 0.416 e. The van der Waals surface area contributed by atoms with Gasteiger partial charge in [-0.15, -0.1) is 0 Å². The minimum absolute atomic E-state index is 0.336. The van der Waals surface area contributed by atoms with Crippen molar-refractivity contribution in [3.63, 3.8) is 0 Å². The van der Waals surface area contributed by atoms with Crippen LogP contribution in [0, 0.1) is 5.82 Å². The lowest BCUT2D eigenvalue weighted by atomic mass is 10.2. The first-order valence-electron chi connectivity index (χ1n) is 8.03. The van der Waals surface area contributed by atoms with Gasteiger partial charge < -0.3 is 10.5 Å². The molecule has 148 valence electrons. The number of benzene rings is 2. The van der Waals surface area contributed by atoms with Gasteiger partial charge in [0.1, 0.15) is 10.8 Å². The Bertz CT molecular complexity index is 944. The van der Waals surface area contributed by atoms with Gasteiger partial charge in [0, 0.05) is 6.07 Å². The minimum atomic E-state index is -4.41. The molecule has 2 aromatic carbocycles. The summed E-state index contributed by atoms with van der Waals surface area (Å²) in [5.41, 5.74) is 6.20. The van der Waals surface area contributed by atoms with Crippen LogP contribution in [0.4, 0.5) is 17.6 Å². The molecular weight excluding hydrogens is 396 g/mol. The van der Waals surface area contributed by atoms with Gasteiger partial charge in [-0.1, -0.05) is 12.1 Å². The summed E-state index contributed by atoms with van der Waals surface area (Å²) >= 11 is 1.09. The van der Waals surface area contributed by atoms with Gasteiger partial charge in [-0.3, -0.25) is 0 Å². The van der Waals surface area contributed by atoms with Crippen molar-refractivity contribution in [1.82, 2.24) is 14.5 Å². The molecule has 1 atom stereocenters. The largest absolute Gasteiger partial charge is 0.481 e. The van der Waals surface area contributed by atoms with E-state index in [1.165, 1.54) is 36.1 Å². The summed E-state index contributed by atoms with van der Waals surface area (Å²) in [6.07, 6.45) is -5.06. The first kappa shape index (κ1) is 20.2. The van der Waals surface area contributed by atoms with Crippen LogP contribution in [-0.4, -0.2) is 16.9 Å². The Hall–Kier alpha value is -2.56. The second-order valence-corrected chi connectivity index (χ2v) is 6.59. The Kier molecular flexibility index (Phi) is 5.92. The first-order valence-corrected chi connectivity index (χ1v) is 8.84. The summed E-state index contributed by atoms with van der Waals surface area (Å²) in [5.74, 6) is -0.0589. The predicted molar refractivity (Wildman–Crippen MR) is 97.4 cm³/mol. The maximum absolute atomic E-state index is 13.3. The van der Waals surface area contributed by atoms with E-state index < -0.39 is 23.7 Å². The molecule has 0 amide bonds. The molecule has 0 bridgehead atoms. The van der Waals surface area contributed by atoms with Crippen LogP contribution in [0.15, 0.2) is 59.6 Å². The van der Waals surface area contributed by atoms with Gasteiger partial charge >= 0.3 is 6.18 Å². The highest BCUT2D eigenvalue weighted by Gasteiger charge is 2.30. The fourth-order valence-electron chi connectivity index (χ4n) is 2.41. The van der Waals surface area contributed by atoms with Gasteiger partial charge in [0.2, 0.25) is 5.88 Å². The number of hydrogen-bond acceptors (Lipinski definition) is 5. The number of methoxy groups -OCH3 is 1. The highest BCUT2D eigenvalue weighted by molar-refractivity contribution is 7.97. The van der Waals surface area contributed by atoms with E-state index in [4.69, 9.17) is 10.5 Å². The standard InChI is InChI=1S/C18H16F4N4OS/c1-27-16-10-15(28-25-17(23)11-3-2-4-13(19)9-11)24-26(16)14-7-5-12(6-8-14)18(20,21)22/h2-10,17,25H,23H2,1H3/t17-/m0/s1. The van der Waals surface area contributed by atoms with Crippen LogP contribution < -0.4 is 15.2 Å². The number of ether oxygens (including phenoxy) is 1. The number of nitrogens with two attached hydrogens (primary N) is 1. The summed E-state index contributed by atoms with van der Waals surface area (Å²) < 4.78 is 61.0. The highest BCUT2D eigenvalue weighted by Crippen LogP contribution is 2.31. The van der Waals surface area contributed by atoms with E-state index in [0.29, 0.717) is 22.2 Å². The molecule has 3 N–H and O–H groups in total. The topological polar surface area (TPSA) is 65.1 Å². The summed E-state index contributed by atoms with van der Waals surface area (Å²) in [6, 6.07) is 12.0. The zero-order valence-corrected chi connectivity index (χ0v) is 15.4. The monoisotopic (exact) mass is 412 g/mol. The molecule has 0 unspecified atom stereocenters. The van der Waals surface area contributed by atoms with Gasteiger partial charge in [0.15, 0.2) is 0 Å². The molecule has 1 aromatic heterocycles. The third-order valence-electron chi connectivity index (χ3n) is 3.80. The van der Waals surface area contributed by atoms with E-state index in [9.17, 15) is 17.6 Å². The number of nitrogens with zero attached hydrogens (tertiary/aromatic N) is 2. The lowest BCUT2D eigenvalue weighted by molar-refractivity contribution is -0.137. The molecule has 0 spiro atoms. The van der Waals surface area contributed by atoms with Crippen molar-refractivity contribution < 1.29 is 22.3 Å². The summed E-state index contributed by atoms with van der Waals surface area (Å²) in [6.45, 7) is 0. The second-order valence-electron chi connectivity index (χ2n) is 5.73. The Morgan fingerprint density at radius 2 is 1.86 bits per heavy atom. The van der Waals surface area contributed by atoms with Crippen molar-refractivity contribution >= 4 is 11.9 Å². The van der Waals surface area contributed by atoms with Crippen molar-refractivity contribution in [2.45, 2.75) is 17.4 Å². The maximum atomic E-state index is 13.3. The van der Waals surface area contributed by atoms with Crippen LogP contribution in [0.25, 0.3) is 5.69 Å². The lowest BCUT2D eigenvalue weighted by Crippen LogP contribution is -2.23. The summed E-state index contributed by atoms with van der Waals surface area (Å²) in [4.78, 5) is 0. The van der Waals surface area contributed by atoms with Gasteiger partial charge in [0.25, 0.3) is 0 Å². The third-order valence-corrected chi connectivity index (χ3v) is 4.58. The number of hydrogen-bond donors (Lipinski definition) is 2. The van der Waals surface area contributed by atoms with Gasteiger partial charge in [-0.2, -0.15) is 23.0 Å². The average molecular weight is 412 g/mol. The van der Waals surface area contributed by atoms with E-state index in [2.05, 4.69) is 9.82 Å². The Balaban J connectivity index is 1.75. The Morgan fingerprint density at radius 1 is 1.14 bits per heavy atom. The number of halogens is 4. The molecule has 3 rings (SSSR count). The van der Waals surface area contributed by atoms with Crippen LogP contribution in [-0.2, 0) is 6.18 Å². The number of nitrogens with one attached hydrogen (secondary N) is 1. The molecule has 0 fully saturated rings. The van der Waals surface area contributed by atoms with Crippen LogP contribution in [0.3, 0.4) is 0 Å². The van der Waals surface area contributed by atoms with E-state index in [1.807, 2.05) is 0 Å². The fraction of sp³-hybridized carbons (Fsp3) is 0.167. The van der Waals surface area contributed by atoms with E-state index in [-0.39, 0.29) is 0 Å². The minimum Gasteiger partial charge on any atom is -0.481 e. The smallest absolute Gasteiger partial charge is 0.416 e. The average Bonchev–Trinajstić information content (AvgIpc) is 3.09. The number of rotatable bonds is 6. The van der Waals surface area contributed by atoms with Crippen LogP contribution in [0.2, 0.25) is 0 Å². The molecule has 3 aromatic rings. The van der Waals surface area contributed by atoms with Crippen LogP contribution in [0.1, 0.15) is 17.3 Å². The van der Waals surface area contributed by atoms with Gasteiger partial charge in [-0.25, -0.2) is 9.11 Å². The molecule has 0 saturated heterocycles. The van der Waals surface area contributed by atoms with Crippen molar-refractivity contribution in [2.24, 2.45) is 5.73 Å². The highest BCUT2D eigenvalue weighted by atomic mass is 32.2. The normalized spacial score (nSPS) is 12.8. The van der Waals surface area contributed by atoms with Gasteiger partial charge in [-0.05, 0) is 53.9 Å².